The smallest absolute Gasteiger partial charge is 0.128 e. The molecule has 1 aromatic rings. The van der Waals surface area contributed by atoms with Crippen molar-refractivity contribution < 1.29 is 4.39 Å². The van der Waals surface area contributed by atoms with E-state index in [1.165, 1.54) is 18.9 Å². The maximum atomic E-state index is 13.8. The molecule has 2 N–H and O–H groups in total. The lowest BCUT2D eigenvalue weighted by Crippen LogP contribution is -2.48. The number of hydrogen-bond acceptors (Lipinski definition) is 2. The van der Waals surface area contributed by atoms with Gasteiger partial charge in [0.05, 0.1) is 0 Å². The molecule has 1 fully saturated rings. The molecule has 2 nitrogen and oxygen atoms in total. The Hall–Kier alpha value is -0.450. The highest BCUT2D eigenvalue weighted by atomic mass is 79.9. The van der Waals surface area contributed by atoms with Gasteiger partial charge < -0.3 is 5.73 Å². The molecule has 0 aromatic heterocycles. The van der Waals surface area contributed by atoms with Gasteiger partial charge in [-0.2, -0.15) is 0 Å². The van der Waals surface area contributed by atoms with Crippen LogP contribution in [0, 0.1) is 5.82 Å². The highest BCUT2D eigenvalue weighted by Crippen LogP contribution is 2.26. The van der Waals surface area contributed by atoms with Gasteiger partial charge in [0.25, 0.3) is 0 Å². The molecule has 0 aliphatic carbocycles. The summed E-state index contributed by atoms with van der Waals surface area (Å²) in [5, 5.41) is 0. The third-order valence-corrected chi connectivity index (χ3v) is 4.44. The summed E-state index contributed by atoms with van der Waals surface area (Å²) in [7, 11) is 0. The molecule has 4 heteroatoms. The summed E-state index contributed by atoms with van der Waals surface area (Å²) < 4.78 is 14.7. The number of nitrogens with zero attached hydrogens (tertiary/aromatic N) is 1. The van der Waals surface area contributed by atoms with E-state index in [2.05, 4.69) is 20.8 Å². The number of hydrogen-bond donors (Lipinski definition) is 1. The van der Waals surface area contributed by atoms with Crippen LogP contribution in [0.5, 0.6) is 0 Å². The predicted octanol–water partition coefficient (Wildman–Crippen LogP) is 3.29. The van der Waals surface area contributed by atoms with E-state index in [0.717, 1.165) is 23.0 Å². The SMILES string of the molecule is CC(N)C1CCCCN1Cc1c(F)cccc1Br. The summed E-state index contributed by atoms with van der Waals surface area (Å²) in [5.74, 6) is -0.140. The van der Waals surface area contributed by atoms with Gasteiger partial charge in [0.1, 0.15) is 5.82 Å². The van der Waals surface area contributed by atoms with Crippen LogP contribution in [0.4, 0.5) is 4.39 Å². The number of halogens is 2. The maximum absolute atomic E-state index is 13.8. The third-order valence-electron chi connectivity index (χ3n) is 3.69. The van der Waals surface area contributed by atoms with Gasteiger partial charge in [0.2, 0.25) is 0 Å². The van der Waals surface area contributed by atoms with Crippen molar-refractivity contribution in [3.05, 3.63) is 34.1 Å². The van der Waals surface area contributed by atoms with E-state index >= 15 is 0 Å². The fraction of sp³-hybridized carbons (Fsp3) is 0.571. The highest BCUT2D eigenvalue weighted by Gasteiger charge is 2.26. The molecule has 1 aromatic carbocycles. The molecule has 0 radical (unpaired) electrons. The molecule has 1 aliphatic heterocycles. The normalized spacial score (nSPS) is 23.0. The first-order chi connectivity index (χ1) is 8.59. The van der Waals surface area contributed by atoms with E-state index in [1.807, 2.05) is 13.0 Å². The molecular formula is C14H20BrFN2. The molecule has 2 rings (SSSR count). The van der Waals surface area contributed by atoms with E-state index in [1.54, 1.807) is 6.07 Å². The van der Waals surface area contributed by atoms with Crippen LogP contribution in [0.2, 0.25) is 0 Å². The lowest BCUT2D eigenvalue weighted by Gasteiger charge is -2.38. The largest absolute Gasteiger partial charge is 0.327 e. The van der Waals surface area contributed by atoms with Crippen molar-refractivity contribution >= 4 is 15.9 Å². The predicted molar refractivity (Wildman–Crippen MR) is 75.8 cm³/mol. The first kappa shape index (κ1) is 14.0. The van der Waals surface area contributed by atoms with E-state index in [9.17, 15) is 4.39 Å². The summed E-state index contributed by atoms with van der Waals surface area (Å²) in [4.78, 5) is 2.32. The minimum Gasteiger partial charge on any atom is -0.327 e. The Morgan fingerprint density at radius 2 is 2.28 bits per heavy atom. The number of likely N-dealkylation sites (tertiary alicyclic amines) is 1. The Bertz CT molecular complexity index is 389. The Morgan fingerprint density at radius 3 is 2.94 bits per heavy atom. The Labute approximate surface area is 116 Å². The molecule has 1 saturated heterocycles. The number of rotatable bonds is 3. The average Bonchev–Trinajstić information content (AvgIpc) is 2.34. The lowest BCUT2D eigenvalue weighted by atomic mass is 9.96. The van der Waals surface area contributed by atoms with E-state index in [4.69, 9.17) is 5.73 Å². The fourth-order valence-electron chi connectivity index (χ4n) is 2.69. The zero-order valence-electron chi connectivity index (χ0n) is 10.7. The zero-order chi connectivity index (χ0) is 13.1. The van der Waals surface area contributed by atoms with E-state index < -0.39 is 0 Å². The number of piperidine rings is 1. The second-order valence-electron chi connectivity index (χ2n) is 5.09. The molecule has 1 aliphatic rings. The van der Waals surface area contributed by atoms with Gasteiger partial charge in [-0.15, -0.1) is 0 Å². The quantitative estimate of drug-likeness (QED) is 0.927. The Balaban J connectivity index is 2.16. The van der Waals surface area contributed by atoms with Gasteiger partial charge in [-0.05, 0) is 38.4 Å². The summed E-state index contributed by atoms with van der Waals surface area (Å²) >= 11 is 3.43. The van der Waals surface area contributed by atoms with E-state index in [-0.39, 0.29) is 11.9 Å². The lowest BCUT2D eigenvalue weighted by molar-refractivity contribution is 0.121. The third kappa shape index (κ3) is 3.11. The van der Waals surface area contributed by atoms with Crippen LogP contribution < -0.4 is 5.73 Å². The molecule has 0 spiro atoms. The first-order valence-corrected chi connectivity index (χ1v) is 7.31. The van der Waals surface area contributed by atoms with Gasteiger partial charge >= 0.3 is 0 Å². The topological polar surface area (TPSA) is 29.3 Å². The van der Waals surface area contributed by atoms with Crippen LogP contribution in [0.3, 0.4) is 0 Å². The van der Waals surface area contributed by atoms with Crippen molar-refractivity contribution in [2.45, 2.75) is 44.8 Å². The van der Waals surface area contributed by atoms with Crippen LogP contribution in [-0.4, -0.2) is 23.5 Å². The van der Waals surface area contributed by atoms with Crippen LogP contribution in [0.25, 0.3) is 0 Å². The van der Waals surface area contributed by atoms with Crippen molar-refractivity contribution in [1.82, 2.24) is 4.90 Å². The van der Waals surface area contributed by atoms with Crippen molar-refractivity contribution in [2.75, 3.05) is 6.54 Å². The highest BCUT2D eigenvalue weighted by molar-refractivity contribution is 9.10. The van der Waals surface area contributed by atoms with Gasteiger partial charge in [0, 0.05) is 28.7 Å². The van der Waals surface area contributed by atoms with Crippen LogP contribution in [-0.2, 0) is 6.54 Å². The minimum atomic E-state index is -0.140. The molecule has 100 valence electrons. The summed E-state index contributed by atoms with van der Waals surface area (Å²) in [6.45, 7) is 3.69. The van der Waals surface area contributed by atoms with Gasteiger partial charge in [-0.3, -0.25) is 4.90 Å². The molecule has 2 atom stereocenters. The first-order valence-electron chi connectivity index (χ1n) is 6.52. The standard InChI is InChI=1S/C14H20BrFN2/c1-10(17)14-7-2-3-8-18(14)9-11-12(15)5-4-6-13(11)16/h4-6,10,14H,2-3,7-9,17H2,1H3. The Kier molecular flexibility index (Phi) is 4.76. The van der Waals surface area contributed by atoms with Crippen molar-refractivity contribution in [1.29, 1.82) is 0 Å². The summed E-state index contributed by atoms with van der Waals surface area (Å²) in [5.41, 5.74) is 6.78. The molecule has 18 heavy (non-hydrogen) atoms. The number of nitrogens with two attached hydrogens (primary N) is 1. The van der Waals surface area contributed by atoms with Crippen molar-refractivity contribution in [2.24, 2.45) is 5.73 Å². The maximum Gasteiger partial charge on any atom is 0.128 e. The molecule has 0 bridgehead atoms. The van der Waals surface area contributed by atoms with Gasteiger partial charge in [-0.1, -0.05) is 28.4 Å². The van der Waals surface area contributed by atoms with Crippen LogP contribution in [0.1, 0.15) is 31.7 Å². The van der Waals surface area contributed by atoms with Crippen LogP contribution in [0.15, 0.2) is 22.7 Å². The molecule has 0 amide bonds. The zero-order valence-corrected chi connectivity index (χ0v) is 12.3. The second-order valence-corrected chi connectivity index (χ2v) is 5.95. The molecule has 1 heterocycles. The average molecular weight is 315 g/mol. The van der Waals surface area contributed by atoms with E-state index in [0.29, 0.717) is 12.6 Å². The van der Waals surface area contributed by atoms with Gasteiger partial charge in [-0.25, -0.2) is 4.39 Å². The Morgan fingerprint density at radius 1 is 1.50 bits per heavy atom. The summed E-state index contributed by atoms with van der Waals surface area (Å²) in [6, 6.07) is 5.64. The fourth-order valence-corrected chi connectivity index (χ4v) is 3.16. The molecule has 2 unspecified atom stereocenters. The van der Waals surface area contributed by atoms with Crippen molar-refractivity contribution in [3.63, 3.8) is 0 Å². The van der Waals surface area contributed by atoms with Gasteiger partial charge in [0.15, 0.2) is 0 Å². The molecule has 0 saturated carbocycles. The summed E-state index contributed by atoms with van der Waals surface area (Å²) in [6.07, 6.45) is 3.51. The van der Waals surface area contributed by atoms with Crippen molar-refractivity contribution in [3.8, 4) is 0 Å². The monoisotopic (exact) mass is 314 g/mol. The second kappa shape index (κ2) is 6.13. The minimum absolute atomic E-state index is 0.135. The molecular weight excluding hydrogens is 295 g/mol. The van der Waals surface area contributed by atoms with Crippen LogP contribution >= 0.6 is 15.9 Å². The number of benzene rings is 1.